The number of methoxy groups -OCH3 is 1. The molecule has 0 amide bonds. The van der Waals surface area contributed by atoms with E-state index < -0.39 is 0 Å². The molecule has 1 saturated carbocycles. The molecule has 0 spiro atoms. The number of hydrogen-bond donors (Lipinski definition) is 0. The number of fused-ring (bicyclic) bond motifs is 1. The highest BCUT2D eigenvalue weighted by Gasteiger charge is 2.23. The van der Waals surface area contributed by atoms with Gasteiger partial charge in [0.05, 0.1) is 23.2 Å². The summed E-state index contributed by atoms with van der Waals surface area (Å²) in [7, 11) is 3.10. The van der Waals surface area contributed by atoms with Gasteiger partial charge in [-0.2, -0.15) is 0 Å². The lowest BCUT2D eigenvalue weighted by Crippen LogP contribution is -2.19. The maximum Gasteiger partial charge on any atom is 0.258 e. The molecule has 3 aromatic rings. The summed E-state index contributed by atoms with van der Waals surface area (Å²) in [6.07, 6.45) is 4.45. The molecule has 1 fully saturated rings. The maximum atomic E-state index is 12.7. The number of benzene rings is 2. The van der Waals surface area contributed by atoms with Crippen LogP contribution in [0.4, 0.5) is 0 Å². The maximum absolute atomic E-state index is 12.7. The van der Waals surface area contributed by atoms with Crippen molar-refractivity contribution in [2.24, 2.45) is 13.0 Å². The van der Waals surface area contributed by atoms with Crippen LogP contribution < -0.4 is 20.2 Å². The van der Waals surface area contributed by atoms with Crippen molar-refractivity contribution in [1.29, 1.82) is 0 Å². The van der Waals surface area contributed by atoms with E-state index in [1.54, 1.807) is 11.7 Å². The first-order valence-electron chi connectivity index (χ1n) is 10.4. The van der Waals surface area contributed by atoms with E-state index in [2.05, 4.69) is 32.0 Å². The summed E-state index contributed by atoms with van der Waals surface area (Å²) in [5.74, 6) is 2.34. The molecule has 1 aliphatic rings. The lowest BCUT2D eigenvalue weighted by atomic mass is 9.99. The number of aromatic nitrogens is 1. The topological polar surface area (TPSA) is 40.5 Å². The van der Waals surface area contributed by atoms with Crippen molar-refractivity contribution >= 4 is 25.5 Å². The van der Waals surface area contributed by atoms with Crippen molar-refractivity contribution < 1.29 is 9.47 Å². The molecule has 0 unspecified atom stereocenters. The van der Waals surface area contributed by atoms with Crippen LogP contribution in [0.2, 0.25) is 5.54 Å². The first-order chi connectivity index (χ1) is 14.0. The summed E-state index contributed by atoms with van der Waals surface area (Å²) >= 11 is 0. The Kier molecular flexibility index (Phi) is 5.50. The highest BCUT2D eigenvalue weighted by molar-refractivity contribution is 6.55. The van der Waals surface area contributed by atoms with Crippen molar-refractivity contribution in [3.8, 4) is 22.6 Å². The molecule has 4 rings (SSSR count). The summed E-state index contributed by atoms with van der Waals surface area (Å²) in [4.78, 5) is 12.7. The van der Waals surface area contributed by atoms with E-state index >= 15 is 0 Å². The van der Waals surface area contributed by atoms with Crippen LogP contribution in [-0.2, 0) is 7.05 Å². The van der Waals surface area contributed by atoms with Gasteiger partial charge in [0.25, 0.3) is 5.56 Å². The third kappa shape index (κ3) is 4.25. The molecule has 5 heteroatoms. The molecule has 2 aromatic carbocycles. The van der Waals surface area contributed by atoms with Gasteiger partial charge in [-0.1, -0.05) is 36.7 Å². The SMILES string of the molecule is COc1ccc2c(=O)n(C)cc(-c3cc([SiH2]C(C)C)ccc3OCC3CC3)c2c1. The first kappa shape index (κ1) is 19.8. The Bertz CT molecular complexity index is 1100. The Hall–Kier alpha value is -2.53. The number of ether oxygens (including phenoxy) is 2. The standard InChI is InChI=1S/C24H29NO3Si/c1-15(2)29-18-8-10-23(28-14-16-5-6-16)21(12-18)22-13-25(3)24(26)19-9-7-17(27-4)11-20(19)22/h7-13,15-16H,5-6,14,29H2,1-4H3. The summed E-state index contributed by atoms with van der Waals surface area (Å²) in [5, 5.41) is 3.02. The zero-order valence-electron chi connectivity index (χ0n) is 17.7. The van der Waals surface area contributed by atoms with Gasteiger partial charge < -0.3 is 14.0 Å². The monoisotopic (exact) mass is 407 g/mol. The fourth-order valence-corrected chi connectivity index (χ4v) is 5.31. The van der Waals surface area contributed by atoms with Crippen LogP contribution in [0.5, 0.6) is 11.5 Å². The molecule has 29 heavy (non-hydrogen) atoms. The van der Waals surface area contributed by atoms with Crippen LogP contribution in [-0.4, -0.2) is 27.8 Å². The van der Waals surface area contributed by atoms with Gasteiger partial charge in [-0.25, -0.2) is 0 Å². The van der Waals surface area contributed by atoms with E-state index in [4.69, 9.17) is 9.47 Å². The molecule has 0 aliphatic heterocycles. The Labute approximate surface area is 174 Å². The minimum absolute atomic E-state index is 0.000406. The van der Waals surface area contributed by atoms with Crippen LogP contribution in [0.25, 0.3) is 21.9 Å². The Morgan fingerprint density at radius 1 is 1.10 bits per heavy atom. The van der Waals surface area contributed by atoms with Crippen molar-refractivity contribution in [2.75, 3.05) is 13.7 Å². The van der Waals surface area contributed by atoms with E-state index in [1.807, 2.05) is 31.4 Å². The smallest absolute Gasteiger partial charge is 0.258 e. The van der Waals surface area contributed by atoms with Gasteiger partial charge in [0.15, 0.2) is 0 Å². The van der Waals surface area contributed by atoms with Crippen LogP contribution in [0.3, 0.4) is 0 Å². The van der Waals surface area contributed by atoms with E-state index in [0.717, 1.165) is 34.6 Å². The Balaban J connectivity index is 1.92. The van der Waals surface area contributed by atoms with Crippen LogP contribution in [0, 0.1) is 5.92 Å². The molecular formula is C24H29NO3Si. The quantitative estimate of drug-likeness (QED) is 0.562. The number of rotatable bonds is 7. The number of aryl methyl sites for hydroxylation is 1. The lowest BCUT2D eigenvalue weighted by molar-refractivity contribution is 0.301. The van der Waals surface area contributed by atoms with Gasteiger partial charge in [0, 0.05) is 35.1 Å². The normalized spacial score (nSPS) is 14.2. The average Bonchev–Trinajstić information content (AvgIpc) is 3.53. The van der Waals surface area contributed by atoms with Crippen LogP contribution in [0.1, 0.15) is 26.7 Å². The second-order valence-electron chi connectivity index (χ2n) is 8.55. The minimum Gasteiger partial charge on any atom is -0.497 e. The highest BCUT2D eigenvalue weighted by atomic mass is 28.2. The zero-order valence-corrected chi connectivity index (χ0v) is 19.1. The lowest BCUT2D eigenvalue weighted by Gasteiger charge is -2.17. The van der Waals surface area contributed by atoms with Gasteiger partial charge in [-0.3, -0.25) is 4.79 Å². The molecule has 0 N–H and O–H groups in total. The Morgan fingerprint density at radius 3 is 2.59 bits per heavy atom. The summed E-state index contributed by atoms with van der Waals surface area (Å²) in [5.41, 5.74) is 2.80. The highest BCUT2D eigenvalue weighted by Crippen LogP contribution is 2.36. The predicted octanol–water partition coefficient (Wildman–Crippen LogP) is 3.63. The first-order valence-corrected chi connectivity index (χ1v) is 11.9. The molecule has 1 heterocycles. The molecule has 4 nitrogen and oxygen atoms in total. The Morgan fingerprint density at radius 2 is 1.90 bits per heavy atom. The fraction of sp³-hybridized carbons (Fsp3) is 0.375. The van der Waals surface area contributed by atoms with E-state index in [9.17, 15) is 4.79 Å². The van der Waals surface area contributed by atoms with Gasteiger partial charge in [0.1, 0.15) is 11.5 Å². The molecule has 0 atom stereocenters. The van der Waals surface area contributed by atoms with E-state index in [1.165, 1.54) is 18.0 Å². The third-order valence-electron chi connectivity index (χ3n) is 5.54. The van der Waals surface area contributed by atoms with Crippen molar-refractivity contribution in [3.05, 3.63) is 52.9 Å². The average molecular weight is 408 g/mol. The fourth-order valence-electron chi connectivity index (χ4n) is 3.79. The van der Waals surface area contributed by atoms with Crippen molar-refractivity contribution in [2.45, 2.75) is 32.2 Å². The van der Waals surface area contributed by atoms with Crippen LogP contribution in [0.15, 0.2) is 47.4 Å². The third-order valence-corrected chi connectivity index (χ3v) is 7.27. The summed E-state index contributed by atoms with van der Waals surface area (Å²) < 4.78 is 13.4. The number of nitrogens with zero attached hydrogens (tertiary/aromatic N) is 1. The molecule has 1 aliphatic carbocycles. The summed E-state index contributed by atoms with van der Waals surface area (Å²) in [6, 6.07) is 12.3. The van der Waals surface area contributed by atoms with Gasteiger partial charge in [0.2, 0.25) is 0 Å². The zero-order chi connectivity index (χ0) is 20.5. The summed E-state index contributed by atoms with van der Waals surface area (Å²) in [6.45, 7) is 5.34. The van der Waals surface area contributed by atoms with E-state index in [0.29, 0.717) is 16.8 Å². The number of hydrogen-bond acceptors (Lipinski definition) is 3. The molecule has 152 valence electrons. The molecule has 0 saturated heterocycles. The van der Waals surface area contributed by atoms with Crippen LogP contribution >= 0.6 is 0 Å². The second kappa shape index (κ2) is 8.07. The largest absolute Gasteiger partial charge is 0.497 e. The molecule has 0 radical (unpaired) electrons. The van der Waals surface area contributed by atoms with Crippen molar-refractivity contribution in [1.82, 2.24) is 4.57 Å². The predicted molar refractivity (Wildman–Crippen MR) is 123 cm³/mol. The molecular weight excluding hydrogens is 378 g/mol. The van der Waals surface area contributed by atoms with Gasteiger partial charge >= 0.3 is 0 Å². The molecule has 1 aromatic heterocycles. The van der Waals surface area contributed by atoms with E-state index in [-0.39, 0.29) is 15.1 Å². The van der Waals surface area contributed by atoms with Gasteiger partial charge in [-0.15, -0.1) is 0 Å². The second-order valence-corrected chi connectivity index (χ2v) is 11.4. The number of pyridine rings is 1. The molecule has 0 bridgehead atoms. The van der Waals surface area contributed by atoms with Gasteiger partial charge in [-0.05, 0) is 43.0 Å². The van der Waals surface area contributed by atoms with Crippen molar-refractivity contribution in [3.63, 3.8) is 0 Å². The minimum atomic E-state index is -0.366.